The SMILES string of the molecule is NC(=NO)C(CNCCN1CCCCC1)C(F)(F)F. The molecule has 0 aromatic heterocycles. The predicted molar refractivity (Wildman–Crippen MR) is 66.1 cm³/mol. The monoisotopic (exact) mass is 282 g/mol. The Labute approximate surface area is 110 Å². The third kappa shape index (κ3) is 5.65. The quantitative estimate of drug-likeness (QED) is 0.223. The van der Waals surface area contributed by atoms with E-state index < -0.39 is 17.9 Å². The number of nitrogens with one attached hydrogen (secondary N) is 1. The molecule has 0 bridgehead atoms. The Bertz CT molecular complexity index is 290. The van der Waals surface area contributed by atoms with Gasteiger partial charge in [-0.3, -0.25) is 0 Å². The van der Waals surface area contributed by atoms with Crippen LogP contribution in [-0.4, -0.2) is 54.8 Å². The largest absolute Gasteiger partial charge is 0.409 e. The Morgan fingerprint density at radius 2 is 1.95 bits per heavy atom. The van der Waals surface area contributed by atoms with Crippen LogP contribution in [-0.2, 0) is 0 Å². The van der Waals surface area contributed by atoms with Crippen molar-refractivity contribution in [3.8, 4) is 0 Å². The summed E-state index contributed by atoms with van der Waals surface area (Å²) >= 11 is 0. The number of piperidine rings is 1. The Morgan fingerprint density at radius 3 is 2.47 bits per heavy atom. The molecule has 1 atom stereocenters. The van der Waals surface area contributed by atoms with Crippen molar-refractivity contribution in [3.05, 3.63) is 0 Å². The van der Waals surface area contributed by atoms with Crippen LogP contribution < -0.4 is 11.1 Å². The van der Waals surface area contributed by atoms with Crippen molar-refractivity contribution in [3.63, 3.8) is 0 Å². The molecule has 19 heavy (non-hydrogen) atoms. The molecule has 0 amide bonds. The van der Waals surface area contributed by atoms with Gasteiger partial charge in [0.2, 0.25) is 0 Å². The van der Waals surface area contributed by atoms with E-state index in [1.807, 2.05) is 0 Å². The zero-order valence-corrected chi connectivity index (χ0v) is 10.8. The van der Waals surface area contributed by atoms with Crippen molar-refractivity contribution >= 4 is 5.84 Å². The predicted octanol–water partition coefficient (Wildman–Crippen LogP) is 0.987. The van der Waals surface area contributed by atoms with Crippen LogP contribution in [0.5, 0.6) is 0 Å². The van der Waals surface area contributed by atoms with E-state index in [0.29, 0.717) is 6.54 Å². The fourth-order valence-corrected chi connectivity index (χ4v) is 2.12. The second kappa shape index (κ2) is 7.54. The maximum Gasteiger partial charge on any atom is 0.400 e. The van der Waals surface area contributed by atoms with Crippen LogP contribution in [0.1, 0.15) is 19.3 Å². The van der Waals surface area contributed by atoms with Gasteiger partial charge in [-0.1, -0.05) is 11.6 Å². The van der Waals surface area contributed by atoms with Crippen molar-refractivity contribution in [2.24, 2.45) is 16.8 Å². The van der Waals surface area contributed by atoms with Gasteiger partial charge < -0.3 is 21.2 Å². The van der Waals surface area contributed by atoms with Crippen molar-refractivity contribution < 1.29 is 18.4 Å². The fourth-order valence-electron chi connectivity index (χ4n) is 2.12. The van der Waals surface area contributed by atoms with Crippen LogP contribution >= 0.6 is 0 Å². The summed E-state index contributed by atoms with van der Waals surface area (Å²) < 4.78 is 37.9. The van der Waals surface area contributed by atoms with E-state index in [4.69, 9.17) is 10.9 Å². The Morgan fingerprint density at radius 1 is 1.32 bits per heavy atom. The first-order valence-corrected chi connectivity index (χ1v) is 6.42. The minimum atomic E-state index is -4.51. The Kier molecular flexibility index (Phi) is 6.36. The summed E-state index contributed by atoms with van der Waals surface area (Å²) in [5.74, 6) is -2.75. The normalized spacial score (nSPS) is 20.5. The zero-order valence-electron chi connectivity index (χ0n) is 10.8. The van der Waals surface area contributed by atoms with E-state index in [1.54, 1.807) is 0 Å². The second-order valence-electron chi connectivity index (χ2n) is 4.73. The lowest BCUT2D eigenvalue weighted by molar-refractivity contribution is -0.154. The lowest BCUT2D eigenvalue weighted by Crippen LogP contribution is -2.44. The average Bonchev–Trinajstić information content (AvgIpc) is 2.37. The first kappa shape index (κ1) is 16.0. The van der Waals surface area contributed by atoms with Gasteiger partial charge in [-0.05, 0) is 25.9 Å². The molecule has 0 aliphatic carbocycles. The minimum Gasteiger partial charge on any atom is -0.409 e. The maximum atomic E-state index is 12.6. The smallest absolute Gasteiger partial charge is 0.400 e. The number of nitrogens with two attached hydrogens (primary N) is 1. The average molecular weight is 282 g/mol. The topological polar surface area (TPSA) is 73.9 Å². The summed E-state index contributed by atoms with van der Waals surface area (Å²) in [5, 5.41) is 13.5. The zero-order chi connectivity index (χ0) is 14.3. The molecular formula is C11H21F3N4O. The third-order valence-corrected chi connectivity index (χ3v) is 3.27. The highest BCUT2D eigenvalue weighted by molar-refractivity contribution is 5.83. The molecule has 1 rings (SSSR count). The minimum absolute atomic E-state index is 0.368. The Hall–Kier alpha value is -1.02. The standard InChI is InChI=1S/C11H21F3N4O/c12-11(13,14)9(10(15)17-19)8-16-4-7-18-5-2-1-3-6-18/h9,16,19H,1-8H2,(H2,15,17). The number of alkyl halides is 3. The van der Waals surface area contributed by atoms with Gasteiger partial charge in [0.25, 0.3) is 0 Å². The van der Waals surface area contributed by atoms with E-state index in [-0.39, 0.29) is 6.54 Å². The van der Waals surface area contributed by atoms with Gasteiger partial charge in [-0.25, -0.2) is 0 Å². The van der Waals surface area contributed by atoms with Gasteiger partial charge in [-0.15, -0.1) is 0 Å². The van der Waals surface area contributed by atoms with Crippen LogP contribution in [0.15, 0.2) is 5.16 Å². The molecular weight excluding hydrogens is 261 g/mol. The summed E-state index contributed by atoms with van der Waals surface area (Å²) in [4.78, 5) is 2.22. The molecule has 112 valence electrons. The highest BCUT2D eigenvalue weighted by Crippen LogP contribution is 2.25. The van der Waals surface area contributed by atoms with Gasteiger partial charge in [0.1, 0.15) is 5.92 Å². The number of likely N-dealkylation sites (tertiary alicyclic amines) is 1. The molecule has 0 aromatic rings. The van der Waals surface area contributed by atoms with Gasteiger partial charge in [0.15, 0.2) is 5.84 Å². The van der Waals surface area contributed by atoms with E-state index in [1.165, 1.54) is 6.42 Å². The van der Waals surface area contributed by atoms with E-state index in [9.17, 15) is 13.2 Å². The summed E-state index contributed by atoms with van der Waals surface area (Å²) in [6, 6.07) is 0. The van der Waals surface area contributed by atoms with Crippen molar-refractivity contribution in [1.29, 1.82) is 0 Å². The van der Waals surface area contributed by atoms with Crippen LogP contribution in [0.25, 0.3) is 0 Å². The molecule has 8 heteroatoms. The van der Waals surface area contributed by atoms with Crippen molar-refractivity contribution in [2.75, 3.05) is 32.7 Å². The van der Waals surface area contributed by atoms with Gasteiger partial charge in [0.05, 0.1) is 0 Å². The van der Waals surface area contributed by atoms with E-state index >= 15 is 0 Å². The van der Waals surface area contributed by atoms with Gasteiger partial charge >= 0.3 is 6.18 Å². The molecule has 0 aromatic carbocycles. The number of amidine groups is 1. The highest BCUT2D eigenvalue weighted by Gasteiger charge is 2.42. The molecule has 0 saturated carbocycles. The summed E-state index contributed by atoms with van der Waals surface area (Å²) in [6.07, 6.45) is -0.984. The number of oxime groups is 1. The summed E-state index contributed by atoms with van der Waals surface area (Å²) in [6.45, 7) is 2.83. The Balaban J connectivity index is 2.28. The summed E-state index contributed by atoms with van der Waals surface area (Å²) in [5.41, 5.74) is 5.06. The number of rotatable bonds is 6. The number of nitrogens with zero attached hydrogens (tertiary/aromatic N) is 2. The molecule has 5 nitrogen and oxygen atoms in total. The molecule has 1 heterocycles. The molecule has 0 radical (unpaired) electrons. The molecule has 1 unspecified atom stereocenters. The van der Waals surface area contributed by atoms with Crippen molar-refractivity contribution in [1.82, 2.24) is 10.2 Å². The van der Waals surface area contributed by atoms with Crippen LogP contribution in [0, 0.1) is 5.92 Å². The first-order chi connectivity index (χ1) is 8.95. The molecule has 1 aliphatic rings. The van der Waals surface area contributed by atoms with Crippen LogP contribution in [0.4, 0.5) is 13.2 Å². The van der Waals surface area contributed by atoms with Crippen LogP contribution in [0.2, 0.25) is 0 Å². The van der Waals surface area contributed by atoms with E-state index in [2.05, 4.69) is 15.4 Å². The number of hydrogen-bond donors (Lipinski definition) is 3. The van der Waals surface area contributed by atoms with Crippen LogP contribution in [0.3, 0.4) is 0 Å². The molecule has 1 fully saturated rings. The third-order valence-electron chi connectivity index (χ3n) is 3.27. The lowest BCUT2D eigenvalue weighted by atomic mass is 10.1. The number of halogens is 3. The summed E-state index contributed by atoms with van der Waals surface area (Å²) in [7, 11) is 0. The van der Waals surface area contributed by atoms with Gasteiger partial charge in [0, 0.05) is 19.6 Å². The fraction of sp³-hybridized carbons (Fsp3) is 0.909. The number of hydrogen-bond acceptors (Lipinski definition) is 4. The molecule has 1 saturated heterocycles. The van der Waals surface area contributed by atoms with E-state index in [0.717, 1.165) is 32.5 Å². The lowest BCUT2D eigenvalue weighted by Gasteiger charge is -2.27. The van der Waals surface area contributed by atoms with Crippen molar-refractivity contribution in [2.45, 2.75) is 25.4 Å². The second-order valence-corrected chi connectivity index (χ2v) is 4.73. The highest BCUT2D eigenvalue weighted by atomic mass is 19.4. The molecule has 0 spiro atoms. The molecule has 4 N–H and O–H groups in total. The van der Waals surface area contributed by atoms with Gasteiger partial charge in [-0.2, -0.15) is 13.2 Å². The first-order valence-electron chi connectivity index (χ1n) is 6.42. The molecule has 1 aliphatic heterocycles. The maximum absolute atomic E-state index is 12.6.